The van der Waals surface area contributed by atoms with Gasteiger partial charge in [-0.3, -0.25) is 9.36 Å². The highest BCUT2D eigenvalue weighted by Gasteiger charge is 2.33. The summed E-state index contributed by atoms with van der Waals surface area (Å²) in [6, 6.07) is 1.66. The first-order valence-electron chi connectivity index (χ1n) is 7.06. The Morgan fingerprint density at radius 1 is 1.59 bits per heavy atom. The zero-order valence-electron chi connectivity index (χ0n) is 12.1. The molecule has 22 heavy (non-hydrogen) atoms. The van der Waals surface area contributed by atoms with Gasteiger partial charge >= 0.3 is 11.7 Å². The van der Waals surface area contributed by atoms with E-state index in [1.807, 2.05) is 0 Å². The van der Waals surface area contributed by atoms with Crippen molar-refractivity contribution in [2.75, 3.05) is 18.5 Å². The Morgan fingerprint density at radius 3 is 3.05 bits per heavy atom. The van der Waals surface area contributed by atoms with Crippen molar-refractivity contribution >= 4 is 18.0 Å². The van der Waals surface area contributed by atoms with Gasteiger partial charge in [0.15, 0.2) is 0 Å². The van der Waals surface area contributed by atoms with Crippen LogP contribution in [0.15, 0.2) is 33.9 Å². The molecule has 3 rings (SSSR count). The Hall–Kier alpha value is -2.48. The van der Waals surface area contributed by atoms with Crippen LogP contribution in [0.5, 0.6) is 0 Å². The van der Waals surface area contributed by atoms with Gasteiger partial charge in [0.25, 0.3) is 0 Å². The highest BCUT2D eigenvalue weighted by molar-refractivity contribution is 5.81. The largest absolute Gasteiger partial charge is 0.466 e. The molecule has 1 N–H and O–H groups in total. The van der Waals surface area contributed by atoms with Crippen LogP contribution in [-0.2, 0) is 14.3 Å². The number of esters is 1. The molecule has 116 valence electrons. The van der Waals surface area contributed by atoms with Crippen LogP contribution in [0.3, 0.4) is 0 Å². The van der Waals surface area contributed by atoms with E-state index in [0.29, 0.717) is 24.7 Å². The number of hydrogen-bond acceptors (Lipinski definition) is 7. The van der Waals surface area contributed by atoms with Crippen LogP contribution in [-0.4, -0.2) is 34.9 Å². The molecule has 1 aromatic rings. The van der Waals surface area contributed by atoms with Crippen molar-refractivity contribution in [3.05, 3.63) is 34.6 Å². The van der Waals surface area contributed by atoms with E-state index in [9.17, 15) is 9.59 Å². The molecular formula is C14H16N4O4. The summed E-state index contributed by atoms with van der Waals surface area (Å²) in [4.78, 5) is 31.6. The minimum absolute atomic E-state index is 0.248. The topological polar surface area (TPSA) is 94.8 Å². The molecule has 1 aromatic heterocycles. The van der Waals surface area contributed by atoms with Crippen molar-refractivity contribution in [1.82, 2.24) is 9.55 Å². The molecule has 0 aliphatic carbocycles. The number of nitrogens with zero attached hydrogens (tertiary/aromatic N) is 3. The lowest BCUT2D eigenvalue weighted by atomic mass is 10.1. The number of hydrogen-bond donors (Lipinski definition) is 1. The third kappa shape index (κ3) is 2.91. The minimum Gasteiger partial charge on any atom is -0.466 e. The summed E-state index contributed by atoms with van der Waals surface area (Å²) in [6.45, 7) is 2.34. The molecule has 8 heteroatoms. The Labute approximate surface area is 126 Å². The Kier molecular flexibility index (Phi) is 4.01. The summed E-state index contributed by atoms with van der Waals surface area (Å²) in [5.74, 6) is 0.441. The van der Waals surface area contributed by atoms with Gasteiger partial charge in [-0.15, -0.1) is 0 Å². The number of aliphatic imine (C=N–C) groups is 1. The van der Waals surface area contributed by atoms with E-state index >= 15 is 0 Å². The summed E-state index contributed by atoms with van der Waals surface area (Å²) < 4.78 is 11.9. The maximum atomic E-state index is 12.1. The fourth-order valence-electron chi connectivity index (χ4n) is 2.28. The average Bonchev–Trinajstić information content (AvgIpc) is 2.93. The van der Waals surface area contributed by atoms with E-state index in [1.54, 1.807) is 31.5 Å². The van der Waals surface area contributed by atoms with Gasteiger partial charge in [0.1, 0.15) is 17.9 Å². The second-order valence-electron chi connectivity index (χ2n) is 4.93. The van der Waals surface area contributed by atoms with Gasteiger partial charge < -0.3 is 14.8 Å². The molecule has 1 unspecified atom stereocenters. The third-order valence-electron chi connectivity index (χ3n) is 3.44. The maximum Gasteiger partial charge on any atom is 0.351 e. The summed E-state index contributed by atoms with van der Waals surface area (Å²) in [6.07, 6.45) is 4.92. The van der Waals surface area contributed by atoms with Crippen LogP contribution in [0.1, 0.15) is 19.6 Å². The number of carbonyl (C=O) groups is 1. The smallest absolute Gasteiger partial charge is 0.351 e. The van der Waals surface area contributed by atoms with E-state index in [-0.39, 0.29) is 18.5 Å². The van der Waals surface area contributed by atoms with Crippen molar-refractivity contribution in [1.29, 1.82) is 0 Å². The van der Waals surface area contributed by atoms with Crippen molar-refractivity contribution in [3.63, 3.8) is 0 Å². The SMILES string of the molecule is CCOC(=O)[C@H]1COC(n2ccc(NC3=CC=N3)nc2=O)C1. The van der Waals surface area contributed by atoms with Crippen molar-refractivity contribution in [2.24, 2.45) is 10.9 Å². The Bertz CT molecular complexity index is 694. The number of carbonyl (C=O) groups excluding carboxylic acids is 1. The highest BCUT2D eigenvalue weighted by Crippen LogP contribution is 2.27. The summed E-state index contributed by atoms with van der Waals surface area (Å²) >= 11 is 0. The van der Waals surface area contributed by atoms with Gasteiger partial charge in [0.2, 0.25) is 0 Å². The molecule has 2 aliphatic heterocycles. The minimum atomic E-state index is -0.496. The molecule has 0 amide bonds. The second-order valence-corrected chi connectivity index (χ2v) is 4.93. The molecule has 2 aliphatic rings. The van der Waals surface area contributed by atoms with Crippen LogP contribution in [0.4, 0.5) is 5.82 Å². The molecule has 0 bridgehead atoms. The fraction of sp³-hybridized carbons (Fsp3) is 0.429. The molecule has 2 atom stereocenters. The normalized spacial score (nSPS) is 22.9. The maximum absolute atomic E-state index is 12.1. The zero-order chi connectivity index (χ0) is 15.5. The Morgan fingerprint density at radius 2 is 2.41 bits per heavy atom. The van der Waals surface area contributed by atoms with Crippen LogP contribution < -0.4 is 11.0 Å². The number of anilines is 1. The van der Waals surface area contributed by atoms with Gasteiger partial charge in [0.05, 0.1) is 19.1 Å². The molecule has 0 radical (unpaired) electrons. The van der Waals surface area contributed by atoms with Crippen LogP contribution in [0.25, 0.3) is 0 Å². The molecule has 1 saturated heterocycles. The van der Waals surface area contributed by atoms with E-state index < -0.39 is 11.9 Å². The van der Waals surface area contributed by atoms with Crippen LogP contribution in [0.2, 0.25) is 0 Å². The van der Waals surface area contributed by atoms with Crippen molar-refractivity contribution in [3.8, 4) is 0 Å². The first kappa shape index (κ1) is 14.5. The molecule has 3 heterocycles. The molecule has 8 nitrogen and oxygen atoms in total. The summed E-state index contributed by atoms with van der Waals surface area (Å²) in [5.41, 5.74) is -0.441. The lowest BCUT2D eigenvalue weighted by Gasteiger charge is -2.14. The van der Waals surface area contributed by atoms with E-state index in [0.717, 1.165) is 0 Å². The monoisotopic (exact) mass is 304 g/mol. The number of rotatable bonds is 5. The predicted molar refractivity (Wildman–Crippen MR) is 78.4 cm³/mol. The molecule has 0 spiro atoms. The summed E-state index contributed by atoms with van der Waals surface area (Å²) in [5, 5.41) is 2.90. The van der Waals surface area contributed by atoms with E-state index in [1.165, 1.54) is 4.57 Å². The number of ether oxygens (including phenoxy) is 2. The number of allylic oxidation sites excluding steroid dienone is 1. The highest BCUT2D eigenvalue weighted by atomic mass is 16.5. The molecular weight excluding hydrogens is 288 g/mol. The van der Waals surface area contributed by atoms with Crippen molar-refractivity contribution in [2.45, 2.75) is 19.6 Å². The summed E-state index contributed by atoms with van der Waals surface area (Å²) in [7, 11) is 0. The third-order valence-corrected chi connectivity index (χ3v) is 3.44. The van der Waals surface area contributed by atoms with Crippen LogP contribution in [0, 0.1) is 5.92 Å². The second kappa shape index (κ2) is 6.10. The first-order chi connectivity index (χ1) is 10.7. The fourth-order valence-corrected chi connectivity index (χ4v) is 2.28. The van der Waals surface area contributed by atoms with E-state index in [4.69, 9.17) is 9.47 Å². The van der Waals surface area contributed by atoms with E-state index in [2.05, 4.69) is 15.3 Å². The Balaban J connectivity index is 1.67. The number of aromatic nitrogens is 2. The zero-order valence-corrected chi connectivity index (χ0v) is 12.1. The molecule has 0 aromatic carbocycles. The van der Waals surface area contributed by atoms with Gasteiger partial charge in [-0.1, -0.05) is 0 Å². The predicted octanol–water partition coefficient (Wildman–Crippen LogP) is 0.679. The number of nitrogens with one attached hydrogen (secondary N) is 1. The van der Waals surface area contributed by atoms with Crippen molar-refractivity contribution < 1.29 is 14.3 Å². The average molecular weight is 304 g/mol. The molecule has 0 saturated carbocycles. The standard InChI is InChI=1S/C14H16N4O4/c1-2-21-13(19)9-7-12(22-8-9)18-6-4-11(17-14(18)20)16-10-3-5-15-10/h3-6,9,12H,2,7-8H2,1H3,(H,15,16,17,20)/t9-,12?/m1/s1. The van der Waals surface area contributed by atoms with Crippen LogP contribution >= 0.6 is 0 Å². The first-order valence-corrected chi connectivity index (χ1v) is 7.06. The molecule has 1 fully saturated rings. The lowest BCUT2D eigenvalue weighted by Crippen LogP contribution is -2.27. The van der Waals surface area contributed by atoms with Gasteiger partial charge in [-0.05, 0) is 19.1 Å². The quantitative estimate of drug-likeness (QED) is 0.804. The van der Waals surface area contributed by atoms with Gasteiger partial charge in [-0.25, -0.2) is 9.79 Å². The van der Waals surface area contributed by atoms with Gasteiger partial charge in [0, 0.05) is 18.8 Å². The lowest BCUT2D eigenvalue weighted by molar-refractivity contribution is -0.147. The van der Waals surface area contributed by atoms with Gasteiger partial charge in [-0.2, -0.15) is 4.98 Å².